The molecular formula is C12H20N2O5. The Labute approximate surface area is 111 Å². The van der Waals surface area contributed by atoms with Crippen LogP contribution in [0.5, 0.6) is 0 Å². The molecule has 19 heavy (non-hydrogen) atoms. The highest BCUT2D eigenvalue weighted by molar-refractivity contribution is 5.83. The van der Waals surface area contributed by atoms with Crippen molar-refractivity contribution in [3.63, 3.8) is 0 Å². The van der Waals surface area contributed by atoms with Crippen molar-refractivity contribution in [2.75, 3.05) is 26.2 Å². The van der Waals surface area contributed by atoms with E-state index in [2.05, 4.69) is 0 Å². The molecule has 2 heterocycles. The van der Waals surface area contributed by atoms with E-state index in [1.165, 1.54) is 4.90 Å². The molecular weight excluding hydrogens is 252 g/mol. The van der Waals surface area contributed by atoms with Crippen LogP contribution in [-0.4, -0.2) is 76.5 Å². The monoisotopic (exact) mass is 272 g/mol. The fraction of sp³-hybridized carbons (Fsp3) is 0.833. The van der Waals surface area contributed by atoms with Crippen molar-refractivity contribution in [1.29, 1.82) is 0 Å². The number of carboxylic acid groups (broad SMARTS) is 1. The number of nitrogens with zero attached hydrogens (tertiary/aromatic N) is 2. The summed E-state index contributed by atoms with van der Waals surface area (Å²) in [4.78, 5) is 26.4. The van der Waals surface area contributed by atoms with Crippen molar-refractivity contribution in [2.45, 2.75) is 38.0 Å². The Bertz CT molecular complexity index is 362. The van der Waals surface area contributed by atoms with E-state index >= 15 is 0 Å². The second-order valence-electron chi connectivity index (χ2n) is 5.16. The Balaban J connectivity index is 2.06. The van der Waals surface area contributed by atoms with Crippen molar-refractivity contribution < 1.29 is 24.5 Å². The van der Waals surface area contributed by atoms with E-state index in [4.69, 9.17) is 9.84 Å². The number of carbonyl (C=O) groups is 2. The van der Waals surface area contributed by atoms with Crippen molar-refractivity contribution in [2.24, 2.45) is 0 Å². The molecule has 2 amide bonds. The van der Waals surface area contributed by atoms with Gasteiger partial charge in [-0.1, -0.05) is 0 Å². The van der Waals surface area contributed by atoms with E-state index < -0.39 is 18.1 Å². The molecule has 0 aliphatic carbocycles. The fourth-order valence-electron chi connectivity index (χ4n) is 2.61. The van der Waals surface area contributed by atoms with Gasteiger partial charge < -0.3 is 24.7 Å². The highest BCUT2D eigenvalue weighted by atomic mass is 16.5. The van der Waals surface area contributed by atoms with E-state index in [0.717, 1.165) is 6.42 Å². The first-order chi connectivity index (χ1) is 8.99. The highest BCUT2D eigenvalue weighted by Crippen LogP contribution is 2.21. The van der Waals surface area contributed by atoms with Crippen LogP contribution in [0.25, 0.3) is 0 Å². The number of aliphatic hydroxyl groups is 1. The lowest BCUT2D eigenvalue weighted by Crippen LogP contribution is -2.49. The van der Waals surface area contributed by atoms with E-state index in [-0.39, 0.29) is 25.1 Å². The van der Waals surface area contributed by atoms with Crippen LogP contribution in [0.2, 0.25) is 0 Å². The number of β-amino-alcohol motifs (C(OH)–C–C–N with tert-alkyl or cyclic N) is 1. The topological polar surface area (TPSA) is 90.3 Å². The maximum Gasteiger partial charge on any atom is 0.326 e. The first-order valence-electron chi connectivity index (χ1n) is 6.57. The molecule has 108 valence electrons. The van der Waals surface area contributed by atoms with Crippen LogP contribution in [-0.2, 0) is 9.53 Å². The van der Waals surface area contributed by atoms with Crippen LogP contribution >= 0.6 is 0 Å². The summed E-state index contributed by atoms with van der Waals surface area (Å²) in [6, 6.07) is -1.25. The number of aliphatic hydroxyl groups excluding tert-OH is 1. The van der Waals surface area contributed by atoms with E-state index in [1.54, 1.807) is 4.90 Å². The molecule has 2 aliphatic heterocycles. The van der Waals surface area contributed by atoms with Gasteiger partial charge in [-0.25, -0.2) is 9.59 Å². The van der Waals surface area contributed by atoms with E-state index in [0.29, 0.717) is 19.7 Å². The minimum absolute atomic E-state index is 0.0535. The van der Waals surface area contributed by atoms with Crippen LogP contribution in [0.4, 0.5) is 4.79 Å². The first kappa shape index (κ1) is 14.1. The number of aliphatic carboxylic acids is 1. The van der Waals surface area contributed by atoms with Gasteiger partial charge in [0.1, 0.15) is 6.04 Å². The van der Waals surface area contributed by atoms with Gasteiger partial charge in [0, 0.05) is 32.7 Å². The quantitative estimate of drug-likeness (QED) is 0.686. The number of ether oxygens (including phenoxy) is 1. The molecule has 0 bridgehead atoms. The van der Waals surface area contributed by atoms with Gasteiger partial charge in [-0.05, 0) is 13.3 Å². The third-order valence-corrected chi connectivity index (χ3v) is 3.53. The smallest absolute Gasteiger partial charge is 0.326 e. The second-order valence-corrected chi connectivity index (χ2v) is 5.16. The predicted molar refractivity (Wildman–Crippen MR) is 65.8 cm³/mol. The van der Waals surface area contributed by atoms with Gasteiger partial charge in [0.15, 0.2) is 0 Å². The average molecular weight is 272 g/mol. The zero-order chi connectivity index (χ0) is 14.0. The predicted octanol–water partition coefficient (Wildman–Crippen LogP) is -0.263. The summed E-state index contributed by atoms with van der Waals surface area (Å²) in [5.41, 5.74) is 0. The van der Waals surface area contributed by atoms with Gasteiger partial charge in [0.05, 0.1) is 12.2 Å². The van der Waals surface area contributed by atoms with Crippen molar-refractivity contribution >= 4 is 12.0 Å². The molecule has 0 aromatic rings. The standard InChI is InChI=1S/C12H20N2O5/c1-8-6-13(3-2-4-19-8)12(18)14-7-9(15)5-10(14)11(16)17/h8-10,15H,2-7H2,1H3,(H,16,17)/t8?,9-,10-/m1/s1. The SMILES string of the molecule is CC1CN(C(=O)N2C[C@H](O)C[C@@H]2C(=O)O)CCCO1. The number of urea groups is 1. The van der Waals surface area contributed by atoms with E-state index in [9.17, 15) is 14.7 Å². The van der Waals surface area contributed by atoms with Gasteiger partial charge in [-0.15, -0.1) is 0 Å². The molecule has 2 rings (SSSR count). The summed E-state index contributed by atoms with van der Waals surface area (Å²) >= 11 is 0. The Hall–Kier alpha value is -1.34. The lowest BCUT2D eigenvalue weighted by molar-refractivity contribution is -0.141. The lowest BCUT2D eigenvalue weighted by Gasteiger charge is -2.30. The van der Waals surface area contributed by atoms with Crippen LogP contribution in [0.15, 0.2) is 0 Å². The molecule has 1 unspecified atom stereocenters. The fourth-order valence-corrected chi connectivity index (χ4v) is 2.61. The molecule has 7 nitrogen and oxygen atoms in total. The number of likely N-dealkylation sites (tertiary alicyclic amines) is 1. The number of carbonyl (C=O) groups excluding carboxylic acids is 1. The lowest BCUT2D eigenvalue weighted by atomic mass is 10.2. The number of hydrogen-bond acceptors (Lipinski definition) is 4. The normalized spacial score (nSPS) is 32.2. The van der Waals surface area contributed by atoms with Crippen molar-refractivity contribution in [3.05, 3.63) is 0 Å². The molecule has 2 saturated heterocycles. The third-order valence-electron chi connectivity index (χ3n) is 3.53. The molecule has 2 N–H and O–H groups in total. The molecule has 2 fully saturated rings. The average Bonchev–Trinajstić information content (AvgIpc) is 2.61. The molecule has 0 aromatic heterocycles. The maximum atomic E-state index is 12.4. The molecule has 2 aliphatic rings. The molecule has 7 heteroatoms. The van der Waals surface area contributed by atoms with Crippen LogP contribution in [0.3, 0.4) is 0 Å². The highest BCUT2D eigenvalue weighted by Gasteiger charge is 2.40. The number of amides is 2. The Morgan fingerprint density at radius 1 is 1.32 bits per heavy atom. The summed E-state index contributed by atoms with van der Waals surface area (Å²) in [7, 11) is 0. The first-order valence-corrected chi connectivity index (χ1v) is 6.57. The summed E-state index contributed by atoms with van der Waals surface area (Å²) in [6.45, 7) is 3.59. The summed E-state index contributed by atoms with van der Waals surface area (Å²) in [5, 5.41) is 18.7. The minimum Gasteiger partial charge on any atom is -0.480 e. The minimum atomic E-state index is -1.07. The van der Waals surface area contributed by atoms with Gasteiger partial charge in [0.25, 0.3) is 0 Å². The third kappa shape index (κ3) is 3.16. The Morgan fingerprint density at radius 3 is 2.74 bits per heavy atom. The van der Waals surface area contributed by atoms with E-state index in [1.807, 2.05) is 6.92 Å². The van der Waals surface area contributed by atoms with Crippen LogP contribution in [0.1, 0.15) is 19.8 Å². The van der Waals surface area contributed by atoms with Crippen LogP contribution in [0, 0.1) is 0 Å². The van der Waals surface area contributed by atoms with Gasteiger partial charge in [-0.3, -0.25) is 0 Å². The zero-order valence-electron chi connectivity index (χ0n) is 11.0. The van der Waals surface area contributed by atoms with Gasteiger partial charge >= 0.3 is 12.0 Å². The number of rotatable bonds is 1. The number of hydrogen-bond donors (Lipinski definition) is 2. The largest absolute Gasteiger partial charge is 0.480 e. The summed E-state index contributed by atoms with van der Waals surface area (Å²) in [6.07, 6.45) is 0.0264. The summed E-state index contributed by atoms with van der Waals surface area (Å²) < 4.78 is 5.46. The van der Waals surface area contributed by atoms with Crippen molar-refractivity contribution in [3.8, 4) is 0 Å². The molecule has 0 spiro atoms. The van der Waals surface area contributed by atoms with Crippen molar-refractivity contribution in [1.82, 2.24) is 9.80 Å². The molecule has 0 aromatic carbocycles. The van der Waals surface area contributed by atoms with Gasteiger partial charge in [-0.2, -0.15) is 0 Å². The number of carboxylic acids is 1. The second kappa shape index (κ2) is 5.75. The molecule has 3 atom stereocenters. The summed E-state index contributed by atoms with van der Waals surface area (Å²) in [5.74, 6) is -1.07. The van der Waals surface area contributed by atoms with Crippen LogP contribution < -0.4 is 0 Å². The Kier molecular flexibility index (Phi) is 4.26. The van der Waals surface area contributed by atoms with Gasteiger partial charge in [0.2, 0.25) is 0 Å². The molecule has 0 saturated carbocycles. The zero-order valence-corrected chi connectivity index (χ0v) is 11.0. The Morgan fingerprint density at radius 2 is 2.05 bits per heavy atom. The maximum absolute atomic E-state index is 12.4. The molecule has 0 radical (unpaired) electrons.